The van der Waals surface area contributed by atoms with Gasteiger partial charge in [0, 0.05) is 37.6 Å². The van der Waals surface area contributed by atoms with Crippen molar-refractivity contribution in [1.82, 2.24) is 10.2 Å². The monoisotopic (exact) mass is 366 g/mol. The molecule has 0 aliphatic carbocycles. The molecule has 27 heavy (non-hydrogen) atoms. The second-order valence-corrected chi connectivity index (χ2v) is 7.15. The number of nitrogens with zero attached hydrogens (tertiary/aromatic N) is 2. The Morgan fingerprint density at radius 1 is 0.963 bits per heavy atom. The molecular weight excluding hydrogens is 336 g/mol. The Labute approximate surface area is 162 Å². The topological polar surface area (TPSA) is 47.6 Å². The summed E-state index contributed by atoms with van der Waals surface area (Å²) in [5.41, 5.74) is 3.41. The first-order chi connectivity index (χ1) is 13.2. The number of anilines is 2. The zero-order chi connectivity index (χ0) is 18.9. The Bertz CT molecular complexity index is 694. The van der Waals surface area contributed by atoms with Crippen molar-refractivity contribution in [3.8, 4) is 0 Å². The second kappa shape index (κ2) is 10.1. The molecule has 0 radical (unpaired) electrons. The van der Waals surface area contributed by atoms with Crippen molar-refractivity contribution >= 4 is 17.3 Å². The number of aryl methyl sites for hydroxylation is 1. The standard InChI is InChI=1S/C22H30N4O/c1-25-14-16-26(17-15-25)21-11-9-20(10-12-21)24-22(27)18-23-13-5-8-19-6-3-2-4-7-19/h2-4,6-7,9-12,23H,5,8,13-18H2,1H3,(H,24,27). The number of carbonyl (C=O) groups excluding carboxylic acids is 1. The quantitative estimate of drug-likeness (QED) is 0.705. The lowest BCUT2D eigenvalue weighted by Crippen LogP contribution is -2.44. The van der Waals surface area contributed by atoms with E-state index in [9.17, 15) is 4.79 Å². The zero-order valence-electron chi connectivity index (χ0n) is 16.2. The summed E-state index contributed by atoms with van der Waals surface area (Å²) in [6.45, 7) is 5.47. The molecule has 0 spiro atoms. The van der Waals surface area contributed by atoms with E-state index in [1.165, 1.54) is 11.3 Å². The number of benzene rings is 2. The average Bonchev–Trinajstić information content (AvgIpc) is 2.70. The molecule has 0 unspecified atom stereocenters. The maximum absolute atomic E-state index is 12.1. The summed E-state index contributed by atoms with van der Waals surface area (Å²) in [5.74, 6) is 0.00191. The molecule has 0 saturated carbocycles. The molecule has 5 nitrogen and oxygen atoms in total. The second-order valence-electron chi connectivity index (χ2n) is 7.15. The van der Waals surface area contributed by atoms with Crippen LogP contribution >= 0.6 is 0 Å². The van der Waals surface area contributed by atoms with E-state index in [0.717, 1.165) is 51.3 Å². The average molecular weight is 367 g/mol. The Hall–Kier alpha value is -2.37. The van der Waals surface area contributed by atoms with Crippen LogP contribution in [0.2, 0.25) is 0 Å². The molecule has 5 heteroatoms. The number of hydrogen-bond acceptors (Lipinski definition) is 4. The highest BCUT2D eigenvalue weighted by Gasteiger charge is 2.14. The smallest absolute Gasteiger partial charge is 0.238 e. The van der Waals surface area contributed by atoms with Gasteiger partial charge in [0.15, 0.2) is 0 Å². The van der Waals surface area contributed by atoms with Crippen molar-refractivity contribution in [1.29, 1.82) is 0 Å². The molecular formula is C22H30N4O. The Kier molecular flexibility index (Phi) is 7.25. The minimum atomic E-state index is 0.00191. The predicted molar refractivity (Wildman–Crippen MR) is 112 cm³/mol. The molecule has 1 aliphatic heterocycles. The first-order valence-electron chi connectivity index (χ1n) is 9.79. The minimum Gasteiger partial charge on any atom is -0.369 e. The van der Waals surface area contributed by atoms with Crippen molar-refractivity contribution in [2.24, 2.45) is 0 Å². The van der Waals surface area contributed by atoms with Gasteiger partial charge in [-0.1, -0.05) is 30.3 Å². The van der Waals surface area contributed by atoms with E-state index in [2.05, 4.69) is 63.9 Å². The van der Waals surface area contributed by atoms with Gasteiger partial charge in [-0.3, -0.25) is 4.79 Å². The highest BCUT2D eigenvalue weighted by atomic mass is 16.1. The third kappa shape index (κ3) is 6.38. The van der Waals surface area contributed by atoms with Crippen LogP contribution in [0.25, 0.3) is 0 Å². The number of carbonyl (C=O) groups is 1. The summed E-state index contributed by atoms with van der Waals surface area (Å²) >= 11 is 0. The molecule has 1 aliphatic rings. The van der Waals surface area contributed by atoms with Gasteiger partial charge in [0.2, 0.25) is 5.91 Å². The fraction of sp³-hybridized carbons (Fsp3) is 0.409. The van der Waals surface area contributed by atoms with Crippen LogP contribution in [0, 0.1) is 0 Å². The van der Waals surface area contributed by atoms with E-state index in [1.807, 2.05) is 18.2 Å². The Balaban J connectivity index is 1.34. The molecule has 2 aromatic carbocycles. The number of likely N-dealkylation sites (N-methyl/N-ethyl adjacent to an activating group) is 1. The van der Waals surface area contributed by atoms with Crippen LogP contribution in [0.4, 0.5) is 11.4 Å². The first kappa shape index (κ1) is 19.4. The fourth-order valence-corrected chi connectivity index (χ4v) is 3.29. The number of piperazine rings is 1. The number of amides is 1. The van der Waals surface area contributed by atoms with Gasteiger partial charge >= 0.3 is 0 Å². The van der Waals surface area contributed by atoms with Gasteiger partial charge in [-0.15, -0.1) is 0 Å². The highest BCUT2D eigenvalue weighted by Crippen LogP contribution is 2.19. The number of rotatable bonds is 8. The van der Waals surface area contributed by atoms with Gasteiger partial charge in [0.1, 0.15) is 0 Å². The van der Waals surface area contributed by atoms with E-state index in [-0.39, 0.29) is 5.91 Å². The zero-order valence-corrected chi connectivity index (χ0v) is 16.2. The molecule has 1 fully saturated rings. The SMILES string of the molecule is CN1CCN(c2ccc(NC(=O)CNCCCc3ccccc3)cc2)CC1. The first-order valence-corrected chi connectivity index (χ1v) is 9.79. The molecule has 0 atom stereocenters. The lowest BCUT2D eigenvalue weighted by Gasteiger charge is -2.34. The van der Waals surface area contributed by atoms with Crippen LogP contribution in [-0.4, -0.2) is 57.1 Å². The Morgan fingerprint density at radius 2 is 1.67 bits per heavy atom. The van der Waals surface area contributed by atoms with Crippen molar-refractivity contribution in [3.05, 3.63) is 60.2 Å². The van der Waals surface area contributed by atoms with E-state index in [0.29, 0.717) is 6.54 Å². The van der Waals surface area contributed by atoms with Crippen LogP contribution in [-0.2, 0) is 11.2 Å². The molecule has 2 aromatic rings. The van der Waals surface area contributed by atoms with Gasteiger partial charge in [0.25, 0.3) is 0 Å². The molecule has 3 rings (SSSR count). The molecule has 0 bridgehead atoms. The third-order valence-corrected chi connectivity index (χ3v) is 4.97. The van der Waals surface area contributed by atoms with Crippen LogP contribution in [0.5, 0.6) is 0 Å². The Morgan fingerprint density at radius 3 is 2.37 bits per heavy atom. The van der Waals surface area contributed by atoms with Crippen LogP contribution < -0.4 is 15.5 Å². The van der Waals surface area contributed by atoms with Crippen molar-refractivity contribution in [3.63, 3.8) is 0 Å². The van der Waals surface area contributed by atoms with E-state index >= 15 is 0 Å². The van der Waals surface area contributed by atoms with E-state index in [1.54, 1.807) is 0 Å². The van der Waals surface area contributed by atoms with Crippen LogP contribution in [0.1, 0.15) is 12.0 Å². The summed E-state index contributed by atoms with van der Waals surface area (Å²) in [7, 11) is 2.16. The summed E-state index contributed by atoms with van der Waals surface area (Å²) in [6.07, 6.45) is 2.06. The lowest BCUT2D eigenvalue weighted by molar-refractivity contribution is -0.115. The lowest BCUT2D eigenvalue weighted by atomic mass is 10.1. The summed E-state index contributed by atoms with van der Waals surface area (Å²) in [5, 5.41) is 6.18. The maximum Gasteiger partial charge on any atom is 0.238 e. The highest BCUT2D eigenvalue weighted by molar-refractivity contribution is 5.92. The van der Waals surface area contributed by atoms with Crippen molar-refractivity contribution in [2.45, 2.75) is 12.8 Å². The van der Waals surface area contributed by atoms with Gasteiger partial charge in [0.05, 0.1) is 6.54 Å². The molecule has 1 heterocycles. The van der Waals surface area contributed by atoms with Crippen molar-refractivity contribution < 1.29 is 4.79 Å². The molecule has 1 saturated heterocycles. The van der Waals surface area contributed by atoms with Crippen LogP contribution in [0.15, 0.2) is 54.6 Å². The maximum atomic E-state index is 12.1. The predicted octanol–water partition coefficient (Wildman–Crippen LogP) is 2.60. The number of nitrogens with one attached hydrogen (secondary N) is 2. The summed E-state index contributed by atoms with van der Waals surface area (Å²) in [4.78, 5) is 16.8. The summed E-state index contributed by atoms with van der Waals surface area (Å²) < 4.78 is 0. The fourth-order valence-electron chi connectivity index (χ4n) is 3.29. The molecule has 144 valence electrons. The number of hydrogen-bond donors (Lipinski definition) is 2. The molecule has 0 aromatic heterocycles. The molecule has 1 amide bonds. The normalized spacial score (nSPS) is 14.9. The van der Waals surface area contributed by atoms with Crippen LogP contribution in [0.3, 0.4) is 0 Å². The van der Waals surface area contributed by atoms with Gasteiger partial charge in [-0.2, -0.15) is 0 Å². The summed E-state index contributed by atoms with van der Waals surface area (Å²) in [6, 6.07) is 18.6. The third-order valence-electron chi connectivity index (χ3n) is 4.97. The van der Waals surface area contributed by atoms with Gasteiger partial charge in [-0.25, -0.2) is 0 Å². The van der Waals surface area contributed by atoms with Gasteiger partial charge in [-0.05, 0) is 56.3 Å². The molecule has 2 N–H and O–H groups in total. The largest absolute Gasteiger partial charge is 0.369 e. The van der Waals surface area contributed by atoms with E-state index < -0.39 is 0 Å². The van der Waals surface area contributed by atoms with E-state index in [4.69, 9.17) is 0 Å². The van der Waals surface area contributed by atoms with Crippen molar-refractivity contribution in [2.75, 3.05) is 56.5 Å². The minimum absolute atomic E-state index is 0.00191. The van der Waals surface area contributed by atoms with Gasteiger partial charge < -0.3 is 20.4 Å².